The molecule has 3 rings (SSSR count). The number of benzene rings is 1. The SMILES string of the molecule is CC(=O)NCC(=O)N(CC1CCN(Cc2ccccc2F)CC1)C[C@@H]1CCCO1. The van der Waals surface area contributed by atoms with E-state index in [1.165, 1.54) is 13.0 Å². The van der Waals surface area contributed by atoms with Gasteiger partial charge in [-0.2, -0.15) is 0 Å². The van der Waals surface area contributed by atoms with E-state index in [0.29, 0.717) is 25.6 Å². The molecule has 160 valence electrons. The lowest BCUT2D eigenvalue weighted by Crippen LogP contribution is -2.46. The molecule has 2 amide bonds. The molecule has 0 aliphatic carbocycles. The summed E-state index contributed by atoms with van der Waals surface area (Å²) in [6.07, 6.45) is 4.06. The Morgan fingerprint density at radius 2 is 1.97 bits per heavy atom. The first-order chi connectivity index (χ1) is 14.0. The van der Waals surface area contributed by atoms with Crippen LogP contribution < -0.4 is 5.32 Å². The van der Waals surface area contributed by atoms with Gasteiger partial charge in [-0.05, 0) is 50.8 Å². The van der Waals surface area contributed by atoms with Crippen LogP contribution in [0.3, 0.4) is 0 Å². The number of piperidine rings is 1. The summed E-state index contributed by atoms with van der Waals surface area (Å²) in [5, 5.41) is 2.61. The molecule has 0 saturated carbocycles. The molecule has 0 radical (unpaired) electrons. The van der Waals surface area contributed by atoms with Gasteiger partial charge in [-0.3, -0.25) is 14.5 Å². The Morgan fingerprint density at radius 3 is 2.62 bits per heavy atom. The summed E-state index contributed by atoms with van der Waals surface area (Å²) in [7, 11) is 0. The van der Waals surface area contributed by atoms with Gasteiger partial charge in [0.15, 0.2) is 0 Å². The average Bonchev–Trinajstić information content (AvgIpc) is 3.22. The number of hydrogen-bond acceptors (Lipinski definition) is 4. The molecule has 2 saturated heterocycles. The number of nitrogens with zero attached hydrogens (tertiary/aromatic N) is 2. The highest BCUT2D eigenvalue weighted by atomic mass is 19.1. The smallest absolute Gasteiger partial charge is 0.242 e. The van der Waals surface area contributed by atoms with Gasteiger partial charge in [0.25, 0.3) is 0 Å². The van der Waals surface area contributed by atoms with Crippen LogP contribution in [-0.2, 0) is 20.9 Å². The van der Waals surface area contributed by atoms with Crippen molar-refractivity contribution in [2.75, 3.05) is 39.3 Å². The molecule has 2 aliphatic heterocycles. The third-order valence-electron chi connectivity index (χ3n) is 5.83. The van der Waals surface area contributed by atoms with Crippen molar-refractivity contribution in [3.05, 3.63) is 35.6 Å². The molecule has 0 unspecified atom stereocenters. The van der Waals surface area contributed by atoms with E-state index in [4.69, 9.17) is 4.74 Å². The number of halogens is 1. The predicted octanol–water partition coefficient (Wildman–Crippen LogP) is 2.18. The number of rotatable bonds is 8. The van der Waals surface area contributed by atoms with Crippen molar-refractivity contribution in [1.29, 1.82) is 0 Å². The van der Waals surface area contributed by atoms with E-state index in [0.717, 1.165) is 50.9 Å². The second-order valence-electron chi connectivity index (χ2n) is 8.15. The summed E-state index contributed by atoms with van der Waals surface area (Å²) in [6.45, 7) is 5.91. The standard InChI is InChI=1S/C22H32FN3O3/c1-17(27)24-13-22(28)26(16-20-6-4-12-29-20)14-18-8-10-25(11-9-18)15-19-5-2-3-7-21(19)23/h2-3,5,7,18,20H,4,6,8-16H2,1H3,(H,24,27)/t20-/m0/s1. The molecular formula is C22H32FN3O3. The van der Waals surface area contributed by atoms with Crippen LogP contribution in [0.2, 0.25) is 0 Å². The second-order valence-corrected chi connectivity index (χ2v) is 8.15. The fourth-order valence-corrected chi connectivity index (χ4v) is 4.13. The van der Waals surface area contributed by atoms with Crippen LogP contribution >= 0.6 is 0 Å². The van der Waals surface area contributed by atoms with Crippen LogP contribution in [0.4, 0.5) is 4.39 Å². The van der Waals surface area contributed by atoms with Crippen molar-refractivity contribution in [2.45, 2.75) is 45.3 Å². The van der Waals surface area contributed by atoms with E-state index < -0.39 is 0 Å². The van der Waals surface area contributed by atoms with Gasteiger partial charge in [0.2, 0.25) is 11.8 Å². The third-order valence-corrected chi connectivity index (χ3v) is 5.83. The van der Waals surface area contributed by atoms with Crippen LogP contribution in [0.25, 0.3) is 0 Å². The maximum Gasteiger partial charge on any atom is 0.242 e. The van der Waals surface area contributed by atoms with Crippen LogP contribution in [0.15, 0.2) is 24.3 Å². The molecular weight excluding hydrogens is 373 g/mol. The molecule has 1 aromatic carbocycles. The molecule has 0 spiro atoms. The van der Waals surface area contributed by atoms with Crippen molar-refractivity contribution >= 4 is 11.8 Å². The van der Waals surface area contributed by atoms with Crippen LogP contribution in [-0.4, -0.2) is 67.0 Å². The van der Waals surface area contributed by atoms with Gasteiger partial charge in [-0.25, -0.2) is 4.39 Å². The lowest BCUT2D eigenvalue weighted by molar-refractivity contribution is -0.134. The molecule has 29 heavy (non-hydrogen) atoms. The lowest BCUT2D eigenvalue weighted by atomic mass is 9.95. The van der Waals surface area contributed by atoms with E-state index in [9.17, 15) is 14.0 Å². The highest BCUT2D eigenvalue weighted by Gasteiger charge is 2.27. The Balaban J connectivity index is 1.50. The Labute approximate surface area is 172 Å². The van der Waals surface area contributed by atoms with Crippen LogP contribution in [0.1, 0.15) is 38.2 Å². The number of likely N-dealkylation sites (tertiary alicyclic amines) is 1. The van der Waals surface area contributed by atoms with Crippen LogP contribution in [0.5, 0.6) is 0 Å². The van der Waals surface area contributed by atoms with E-state index in [-0.39, 0.29) is 30.3 Å². The van der Waals surface area contributed by atoms with Gasteiger partial charge in [-0.1, -0.05) is 18.2 Å². The van der Waals surface area contributed by atoms with Crippen molar-refractivity contribution < 1.29 is 18.7 Å². The van der Waals surface area contributed by atoms with Crippen molar-refractivity contribution in [3.8, 4) is 0 Å². The fourth-order valence-electron chi connectivity index (χ4n) is 4.13. The molecule has 7 heteroatoms. The van der Waals surface area contributed by atoms with Crippen molar-refractivity contribution in [3.63, 3.8) is 0 Å². The number of carbonyl (C=O) groups excluding carboxylic acids is 2. The fraction of sp³-hybridized carbons (Fsp3) is 0.636. The van der Waals surface area contributed by atoms with Gasteiger partial charge < -0.3 is 15.0 Å². The molecule has 1 N–H and O–H groups in total. The summed E-state index contributed by atoms with van der Waals surface area (Å²) in [4.78, 5) is 28.0. The minimum Gasteiger partial charge on any atom is -0.376 e. The topological polar surface area (TPSA) is 61.9 Å². The summed E-state index contributed by atoms with van der Waals surface area (Å²) in [6, 6.07) is 6.93. The Hall–Kier alpha value is -1.99. The van der Waals surface area contributed by atoms with Gasteiger partial charge in [-0.15, -0.1) is 0 Å². The van der Waals surface area contributed by atoms with Gasteiger partial charge in [0.1, 0.15) is 5.82 Å². The first kappa shape index (κ1) is 21.7. The van der Waals surface area contributed by atoms with Crippen molar-refractivity contribution in [1.82, 2.24) is 15.1 Å². The summed E-state index contributed by atoms with van der Waals surface area (Å²) in [5.41, 5.74) is 0.733. The largest absolute Gasteiger partial charge is 0.376 e. The van der Waals surface area contributed by atoms with Crippen molar-refractivity contribution in [2.24, 2.45) is 5.92 Å². The third kappa shape index (κ3) is 6.78. The minimum atomic E-state index is -0.197. The molecule has 1 atom stereocenters. The van der Waals surface area contributed by atoms with E-state index >= 15 is 0 Å². The first-order valence-electron chi connectivity index (χ1n) is 10.6. The summed E-state index contributed by atoms with van der Waals surface area (Å²) < 4.78 is 19.6. The molecule has 2 fully saturated rings. The molecule has 2 heterocycles. The summed E-state index contributed by atoms with van der Waals surface area (Å²) >= 11 is 0. The number of carbonyl (C=O) groups is 2. The second kappa shape index (κ2) is 10.7. The maximum absolute atomic E-state index is 13.9. The van der Waals surface area contributed by atoms with E-state index in [2.05, 4.69) is 10.2 Å². The first-order valence-corrected chi connectivity index (χ1v) is 10.6. The number of nitrogens with one attached hydrogen (secondary N) is 1. The highest BCUT2D eigenvalue weighted by molar-refractivity contribution is 5.83. The monoisotopic (exact) mass is 405 g/mol. The maximum atomic E-state index is 13.9. The molecule has 1 aromatic rings. The Bertz CT molecular complexity index is 686. The quantitative estimate of drug-likeness (QED) is 0.720. The molecule has 0 bridgehead atoms. The molecule has 2 aliphatic rings. The number of ether oxygens (including phenoxy) is 1. The normalized spacial score (nSPS) is 20.6. The van der Waals surface area contributed by atoms with Gasteiger partial charge in [0.05, 0.1) is 12.6 Å². The zero-order chi connectivity index (χ0) is 20.6. The molecule has 0 aromatic heterocycles. The van der Waals surface area contributed by atoms with E-state index in [1.807, 2.05) is 17.0 Å². The van der Waals surface area contributed by atoms with Gasteiger partial charge in [0, 0.05) is 38.7 Å². The highest BCUT2D eigenvalue weighted by Crippen LogP contribution is 2.22. The summed E-state index contributed by atoms with van der Waals surface area (Å²) in [5.74, 6) is 0.0110. The number of amides is 2. The number of hydrogen-bond donors (Lipinski definition) is 1. The Kier molecular flexibility index (Phi) is 8.00. The van der Waals surface area contributed by atoms with E-state index in [1.54, 1.807) is 6.07 Å². The Morgan fingerprint density at radius 1 is 1.21 bits per heavy atom. The zero-order valence-electron chi connectivity index (χ0n) is 17.2. The minimum absolute atomic E-state index is 0.0359. The predicted molar refractivity (Wildman–Crippen MR) is 109 cm³/mol. The molecule has 6 nitrogen and oxygen atoms in total. The zero-order valence-corrected chi connectivity index (χ0v) is 17.2. The lowest BCUT2D eigenvalue weighted by Gasteiger charge is -2.35. The van der Waals surface area contributed by atoms with Crippen LogP contribution in [0, 0.1) is 11.7 Å². The van der Waals surface area contributed by atoms with Gasteiger partial charge >= 0.3 is 0 Å². The average molecular weight is 406 g/mol.